The Hall–Kier alpha value is 0.945. The molecule has 0 aliphatic heterocycles. The van der Waals surface area contributed by atoms with Crippen LogP contribution >= 0.6 is 21.2 Å². The molecule has 4 heteroatoms. The van der Waals surface area contributed by atoms with Gasteiger partial charge in [-0.25, -0.2) is 0 Å². The summed E-state index contributed by atoms with van der Waals surface area (Å²) in [7, 11) is 0. The third-order valence-electron chi connectivity index (χ3n) is 0. The molecular formula is CH3BIOS. The second-order valence-electron chi connectivity index (χ2n) is 0.805. The SMILES string of the molecule is [B]=S(C)(=O)I. The van der Waals surface area contributed by atoms with Gasteiger partial charge in [-0.05, 0) is 0 Å². The molecule has 1 atom stereocenters. The zero-order chi connectivity index (χ0) is 4.50. The maximum atomic E-state index is 9.95. The Kier molecular flexibility index (Phi) is 1.90. The quantitative estimate of drug-likeness (QED) is 0.313. The van der Waals surface area contributed by atoms with Gasteiger partial charge in [-0.15, -0.1) is 0 Å². The molecular weight excluding hydrogens is 198 g/mol. The molecule has 0 aromatic rings. The fraction of sp³-hybridized carbons (Fsp3) is 1.00. The molecule has 0 fully saturated rings. The standard InChI is InChI=1S/CH3BIOS/c1-5(2,3)4/h1H3. The average Bonchev–Trinajstić information content (AvgIpc) is 0.722. The zero-order valence-corrected chi connectivity index (χ0v) is 5.75. The van der Waals surface area contributed by atoms with Gasteiger partial charge in [0.2, 0.25) is 0 Å². The fourth-order valence-corrected chi connectivity index (χ4v) is 0. The third-order valence-corrected chi connectivity index (χ3v) is 0. The van der Waals surface area contributed by atoms with Gasteiger partial charge in [0.05, 0.1) is 0 Å². The van der Waals surface area contributed by atoms with E-state index in [-0.39, 0.29) is 0 Å². The van der Waals surface area contributed by atoms with E-state index >= 15 is 0 Å². The van der Waals surface area contributed by atoms with E-state index in [0.29, 0.717) is 0 Å². The van der Waals surface area contributed by atoms with Crippen LogP contribution in [0.25, 0.3) is 0 Å². The van der Waals surface area contributed by atoms with Crippen molar-refractivity contribution in [1.29, 1.82) is 0 Å². The van der Waals surface area contributed by atoms with E-state index in [1.54, 1.807) is 21.2 Å². The maximum absolute atomic E-state index is 9.95. The summed E-state index contributed by atoms with van der Waals surface area (Å²) in [5, 5.41) is 0. The van der Waals surface area contributed by atoms with Gasteiger partial charge >= 0.3 is 44.9 Å². The monoisotopic (exact) mass is 201 g/mol. The Morgan fingerprint density at radius 3 is 2.00 bits per heavy atom. The molecule has 0 heterocycles. The first kappa shape index (κ1) is 5.94. The number of hydrogen-bond acceptors (Lipinski definition) is 1. The van der Waals surface area contributed by atoms with E-state index in [2.05, 4.69) is 0 Å². The molecule has 0 aliphatic carbocycles. The van der Waals surface area contributed by atoms with Crippen LogP contribution in [-0.2, 0) is 6.53 Å². The van der Waals surface area contributed by atoms with Crippen LogP contribution in [0.2, 0.25) is 0 Å². The van der Waals surface area contributed by atoms with E-state index < -0.39 is 6.53 Å². The molecule has 0 spiro atoms. The zero-order valence-electron chi connectivity index (χ0n) is 2.77. The van der Waals surface area contributed by atoms with E-state index in [4.69, 9.17) is 6.72 Å². The Morgan fingerprint density at radius 2 is 2.00 bits per heavy atom. The van der Waals surface area contributed by atoms with Crippen molar-refractivity contribution >= 4 is 34.5 Å². The van der Waals surface area contributed by atoms with E-state index in [1.807, 2.05) is 0 Å². The van der Waals surface area contributed by atoms with E-state index in [9.17, 15) is 4.21 Å². The molecule has 0 aromatic heterocycles. The Morgan fingerprint density at radius 1 is 2.00 bits per heavy atom. The molecule has 0 saturated carbocycles. The molecule has 1 unspecified atom stereocenters. The Labute approximate surface area is 45.0 Å². The van der Waals surface area contributed by atoms with Crippen molar-refractivity contribution in [1.82, 2.24) is 0 Å². The molecule has 1 nitrogen and oxygen atoms in total. The molecule has 0 N–H and O–H groups in total. The molecule has 0 saturated heterocycles. The molecule has 0 amide bonds. The van der Waals surface area contributed by atoms with Crippen molar-refractivity contribution < 1.29 is 4.21 Å². The van der Waals surface area contributed by atoms with Gasteiger partial charge in [-0.3, -0.25) is 0 Å². The Balaban J connectivity index is 4.06. The first-order valence-electron chi connectivity index (χ1n) is 0.965. The molecule has 0 aliphatic rings. The second kappa shape index (κ2) is 1.60. The van der Waals surface area contributed by atoms with Crippen molar-refractivity contribution in [2.24, 2.45) is 0 Å². The van der Waals surface area contributed by atoms with Crippen molar-refractivity contribution in [2.45, 2.75) is 0 Å². The van der Waals surface area contributed by atoms with Gasteiger partial charge in [0.1, 0.15) is 0 Å². The number of halogens is 1. The first-order chi connectivity index (χ1) is 2.00. The summed E-state index contributed by atoms with van der Waals surface area (Å²) in [6, 6.07) is 0. The minimum atomic E-state index is -1.95. The summed E-state index contributed by atoms with van der Waals surface area (Å²) in [6.07, 6.45) is 1.48. The molecule has 0 rings (SSSR count). The van der Waals surface area contributed by atoms with Crippen molar-refractivity contribution in [2.75, 3.05) is 6.26 Å². The predicted molar refractivity (Wildman–Crippen MR) is 33.8 cm³/mol. The van der Waals surface area contributed by atoms with Gasteiger partial charge in [-0.1, -0.05) is 0 Å². The number of hydrogen-bond donors (Lipinski definition) is 0. The summed E-state index contributed by atoms with van der Waals surface area (Å²) < 4.78 is 9.95. The second-order valence-corrected chi connectivity index (χ2v) is 7.66. The van der Waals surface area contributed by atoms with Crippen LogP contribution in [0.15, 0.2) is 0 Å². The van der Waals surface area contributed by atoms with Crippen LogP contribution in [0, 0.1) is 0 Å². The van der Waals surface area contributed by atoms with Crippen LogP contribution in [0.5, 0.6) is 0 Å². The van der Waals surface area contributed by atoms with Crippen LogP contribution in [0.1, 0.15) is 0 Å². The first-order valence-corrected chi connectivity index (χ1v) is 5.54. The minimum absolute atomic E-state index is 1.48. The van der Waals surface area contributed by atoms with E-state index in [1.165, 1.54) is 6.26 Å². The molecule has 0 aromatic carbocycles. The topological polar surface area (TPSA) is 17.1 Å². The summed E-state index contributed by atoms with van der Waals surface area (Å²) in [4.78, 5) is 0. The summed E-state index contributed by atoms with van der Waals surface area (Å²) in [5.41, 5.74) is 0. The molecule has 1 radical (unpaired) electrons. The fourth-order valence-electron chi connectivity index (χ4n) is 0. The molecule has 0 bridgehead atoms. The summed E-state index contributed by atoms with van der Waals surface area (Å²) >= 11 is 1.68. The van der Waals surface area contributed by atoms with Crippen molar-refractivity contribution in [3.63, 3.8) is 0 Å². The average molecular weight is 201 g/mol. The van der Waals surface area contributed by atoms with Gasteiger partial charge in [0.15, 0.2) is 0 Å². The van der Waals surface area contributed by atoms with E-state index in [0.717, 1.165) is 0 Å². The van der Waals surface area contributed by atoms with Crippen LogP contribution in [0.4, 0.5) is 0 Å². The molecule has 5 heavy (non-hydrogen) atoms. The summed E-state index contributed by atoms with van der Waals surface area (Å²) in [6.45, 7) is 2.92. The normalized spacial score (nSPS) is 21.0. The van der Waals surface area contributed by atoms with Crippen molar-refractivity contribution in [3.8, 4) is 0 Å². The molecule has 29 valence electrons. The predicted octanol–water partition coefficient (Wildman–Crippen LogP) is 0.334. The van der Waals surface area contributed by atoms with Crippen LogP contribution < -0.4 is 0 Å². The van der Waals surface area contributed by atoms with Gasteiger partial charge in [0.25, 0.3) is 0 Å². The Bertz CT molecular complexity index is 94.8. The van der Waals surface area contributed by atoms with Crippen LogP contribution in [0.3, 0.4) is 0 Å². The van der Waals surface area contributed by atoms with Gasteiger partial charge < -0.3 is 0 Å². The van der Waals surface area contributed by atoms with Crippen LogP contribution in [-0.4, -0.2) is 17.2 Å². The van der Waals surface area contributed by atoms with Gasteiger partial charge in [0, 0.05) is 0 Å². The number of rotatable bonds is 0. The summed E-state index contributed by atoms with van der Waals surface area (Å²) in [5.74, 6) is 0. The van der Waals surface area contributed by atoms with Crippen molar-refractivity contribution in [3.05, 3.63) is 0 Å². The third kappa shape index (κ3) is 48.0. The van der Waals surface area contributed by atoms with Gasteiger partial charge in [-0.2, -0.15) is 0 Å².